The van der Waals surface area contributed by atoms with Gasteiger partial charge >= 0.3 is 0 Å². The van der Waals surface area contributed by atoms with Crippen molar-refractivity contribution in [2.75, 3.05) is 0 Å². The van der Waals surface area contributed by atoms with Gasteiger partial charge in [-0.05, 0) is 353 Å². The number of aryl methyl sites for hydroxylation is 15. The van der Waals surface area contributed by atoms with Gasteiger partial charge in [0.05, 0.1) is 0 Å². The van der Waals surface area contributed by atoms with Crippen LogP contribution in [0.15, 0.2) is 504 Å². The molecule has 0 nitrogen and oxygen atoms in total. The first-order valence-electron chi connectivity index (χ1n) is 51.4. The van der Waals surface area contributed by atoms with Gasteiger partial charge in [-0.3, -0.25) is 0 Å². The van der Waals surface area contributed by atoms with Crippen molar-refractivity contribution in [3.8, 4) is 189 Å². The third-order valence-corrected chi connectivity index (χ3v) is 27.5. The first-order valence-corrected chi connectivity index (χ1v) is 51.4. The van der Waals surface area contributed by atoms with Gasteiger partial charge in [-0.15, -0.1) is 0 Å². The predicted octanol–water partition coefficient (Wildman–Crippen LogP) is 41.4. The van der Waals surface area contributed by atoms with Gasteiger partial charge < -0.3 is 0 Å². The van der Waals surface area contributed by atoms with Gasteiger partial charge in [0.1, 0.15) is 0 Å². The zero-order valence-electron chi connectivity index (χ0n) is 87.4. The van der Waals surface area contributed by atoms with E-state index in [0.29, 0.717) is 0 Å². The Kier molecular flexibility index (Phi) is 31.6. The summed E-state index contributed by atoms with van der Waals surface area (Å²) in [6, 6.07) is 183. The summed E-state index contributed by atoms with van der Waals surface area (Å²) in [7, 11) is 0. The molecule has 22 rings (SSSR count). The van der Waals surface area contributed by atoms with E-state index in [1.807, 2.05) is 0 Å². The topological polar surface area (TPSA) is 0 Å². The van der Waals surface area contributed by atoms with E-state index >= 15 is 0 Å². The summed E-state index contributed by atoms with van der Waals surface area (Å²) in [4.78, 5) is 0. The molecule has 0 fully saturated rings. The van der Waals surface area contributed by atoms with Gasteiger partial charge in [0.25, 0.3) is 0 Å². The number of hydrogen-bond donors (Lipinski definition) is 0. The van der Waals surface area contributed by atoms with Crippen LogP contribution in [0.4, 0.5) is 0 Å². The van der Waals surface area contributed by atoms with Crippen molar-refractivity contribution >= 4 is 0 Å². The summed E-state index contributed by atoms with van der Waals surface area (Å²) in [6.07, 6.45) is 0. The number of rotatable bonds is 17. The lowest BCUT2D eigenvalue weighted by molar-refractivity contribution is 1.38. The molecule has 22 aromatic carbocycles. The monoisotopic (exact) mass is 1890 g/mol. The predicted molar refractivity (Wildman–Crippen MR) is 636 cm³/mol. The number of hydrogen-bond acceptors (Lipinski definition) is 0. The van der Waals surface area contributed by atoms with Gasteiger partial charge in [-0.1, -0.05) is 527 Å². The molecule has 147 heavy (non-hydrogen) atoms. The Bertz CT molecular complexity index is 8000. The van der Waals surface area contributed by atoms with Crippen LogP contribution in [0.25, 0.3) is 189 Å². The molecule has 0 unspecified atom stereocenters. The van der Waals surface area contributed by atoms with Crippen molar-refractivity contribution in [1.82, 2.24) is 0 Å². The molecule has 22 aromatic rings. The van der Waals surface area contributed by atoms with E-state index in [1.165, 1.54) is 273 Å². The van der Waals surface area contributed by atoms with E-state index in [-0.39, 0.29) is 0 Å². The first kappa shape index (κ1) is 100.0. The molecule has 0 amide bonds. The smallest absolute Gasteiger partial charge is 0.0172 e. The Morgan fingerprint density at radius 3 is 0.354 bits per heavy atom. The van der Waals surface area contributed by atoms with Gasteiger partial charge in [0.15, 0.2) is 0 Å². The van der Waals surface area contributed by atoms with Crippen molar-refractivity contribution in [2.24, 2.45) is 0 Å². The van der Waals surface area contributed by atoms with E-state index in [9.17, 15) is 0 Å². The molecule has 0 aliphatic heterocycles. The molecular formula is C147H128. The van der Waals surface area contributed by atoms with Crippen LogP contribution in [-0.4, -0.2) is 0 Å². The van der Waals surface area contributed by atoms with Crippen LogP contribution in [-0.2, 0) is 0 Å². The van der Waals surface area contributed by atoms with Crippen molar-refractivity contribution in [3.63, 3.8) is 0 Å². The highest BCUT2D eigenvalue weighted by molar-refractivity contribution is 5.87. The van der Waals surface area contributed by atoms with Crippen LogP contribution < -0.4 is 0 Å². The van der Waals surface area contributed by atoms with Crippen molar-refractivity contribution in [2.45, 2.75) is 104 Å². The summed E-state index contributed by atoms with van der Waals surface area (Å²) in [5.41, 5.74) is 62.0. The maximum Gasteiger partial charge on any atom is -0.0172 e. The lowest BCUT2D eigenvalue weighted by Crippen LogP contribution is -1.88. The molecular weight excluding hydrogens is 1770 g/mol. The minimum absolute atomic E-state index is 1.23. The highest BCUT2D eigenvalue weighted by Crippen LogP contribution is 2.41. The van der Waals surface area contributed by atoms with E-state index < -0.39 is 0 Å². The lowest BCUT2D eigenvalue weighted by atomic mass is 9.92. The van der Waals surface area contributed by atoms with Gasteiger partial charge in [-0.25, -0.2) is 0 Å². The second-order valence-electron chi connectivity index (χ2n) is 40.2. The molecule has 0 atom stereocenters. The fourth-order valence-electron chi connectivity index (χ4n) is 19.7. The maximum absolute atomic E-state index is 2.31. The van der Waals surface area contributed by atoms with Gasteiger partial charge in [0, 0.05) is 0 Å². The molecule has 0 aliphatic rings. The minimum Gasteiger partial charge on any atom is -0.0622 e. The molecule has 0 heterocycles. The Balaban J connectivity index is 0.000000121. The second kappa shape index (κ2) is 46.5. The second-order valence-corrected chi connectivity index (χ2v) is 40.2. The fraction of sp³-hybridized carbons (Fsp3) is 0.102. The van der Waals surface area contributed by atoms with E-state index in [0.717, 1.165) is 0 Å². The minimum atomic E-state index is 1.23. The van der Waals surface area contributed by atoms with Crippen LogP contribution in [0.2, 0.25) is 0 Å². The maximum atomic E-state index is 2.31. The largest absolute Gasteiger partial charge is 0.0622 e. The van der Waals surface area contributed by atoms with Crippen LogP contribution in [0, 0.1) is 104 Å². The van der Waals surface area contributed by atoms with Crippen LogP contribution >= 0.6 is 0 Å². The highest BCUT2D eigenvalue weighted by Gasteiger charge is 2.16. The Labute approximate surface area is 873 Å². The average molecular weight is 1890 g/mol. The normalized spacial score (nSPS) is 10.8. The molecule has 0 aliphatic carbocycles. The highest BCUT2D eigenvalue weighted by atomic mass is 14.2. The van der Waals surface area contributed by atoms with Gasteiger partial charge in [-0.2, -0.15) is 0 Å². The SMILES string of the molecule is Cc1cc(C)cc(-c2ccc(-c3ccc(-c4cc(C)cc(C)c4)cc3)cc2)c1.Cc1ccc(-c2cc(C)cc(-c3cc(C)cc(-c4ccc(C)cc4)c3)c2)cc1.Cc1ccc(-c2ccc(-c3cc(-c4ccccc4)cc(-c4ccc(C)cc4)c3)cc2)cc1.Cc1ccc(-c2ccc(-c3cc(-c4ccccc4)cc(-c4cccc(C)c4)c3)cc2)cc1.Cc1cccc(-c2ccc(-c3ccc(-c4cc(C)cc(C)c4)cc3)cc2)c1. The van der Waals surface area contributed by atoms with Crippen molar-refractivity contribution in [3.05, 3.63) is 587 Å². The van der Waals surface area contributed by atoms with Gasteiger partial charge in [0.2, 0.25) is 0 Å². The molecule has 0 radical (unpaired) electrons. The third-order valence-electron chi connectivity index (χ3n) is 27.5. The zero-order chi connectivity index (χ0) is 102. The summed E-state index contributed by atoms with van der Waals surface area (Å²) >= 11 is 0. The molecule has 0 spiro atoms. The third kappa shape index (κ3) is 26.3. The van der Waals surface area contributed by atoms with Crippen molar-refractivity contribution < 1.29 is 0 Å². The summed E-state index contributed by atoms with van der Waals surface area (Å²) in [6.45, 7) is 32.2. The standard InChI is InChI=1S/2C32H26.2C28H26.C27H24/c1-23-11-13-26(14-12-23)27-15-17-28(18-16-27)31-20-30(25-8-4-3-5-9-25)21-32(22-31)29-10-6-7-24(2)19-29;1-23-8-12-26(13-9-23)27-16-18-29(19-17-27)32-21-30(25-6-4-3-5-7-25)20-31(22-32)28-14-10-24(2)11-15-28;1-19-13-20(2)16-27(15-19)25-9-5-23(6-10-25)24-7-11-26(12-8-24)28-17-21(3)14-22(4)18-28;1-19-5-9-23(10-6-19)25-13-21(3)15-27(17-25)28-16-22(4)14-26(18-28)24-11-7-20(2)8-12-24;1-19-5-4-6-26(16-19)24-11-7-22(8-12-24)23-9-13-25(14-10-23)27-17-20(2)15-21(3)18-27/h2*3-22H,1-2H3;2*5-18H,1-4H3;4-18H,1-3H3. The molecule has 0 saturated heterocycles. The first-order chi connectivity index (χ1) is 71.3. The summed E-state index contributed by atoms with van der Waals surface area (Å²) in [5, 5.41) is 0. The molecule has 0 saturated carbocycles. The zero-order valence-corrected chi connectivity index (χ0v) is 87.4. The number of benzene rings is 22. The van der Waals surface area contributed by atoms with E-state index in [2.05, 4.69) is 607 Å². The van der Waals surface area contributed by atoms with Crippen LogP contribution in [0.1, 0.15) is 83.5 Å². The van der Waals surface area contributed by atoms with Crippen LogP contribution in [0.5, 0.6) is 0 Å². The summed E-state index contributed by atoms with van der Waals surface area (Å²) < 4.78 is 0. The van der Waals surface area contributed by atoms with Crippen LogP contribution in [0.3, 0.4) is 0 Å². The fourth-order valence-corrected chi connectivity index (χ4v) is 19.7. The van der Waals surface area contributed by atoms with E-state index in [4.69, 9.17) is 0 Å². The average Bonchev–Trinajstić information content (AvgIpc) is 0.804. The Morgan fingerprint density at radius 1 is 0.0612 bits per heavy atom. The molecule has 0 heteroatoms. The van der Waals surface area contributed by atoms with E-state index in [1.54, 1.807) is 0 Å². The Hall–Kier alpha value is -17.2. The lowest BCUT2D eigenvalue weighted by Gasteiger charge is -2.12. The molecule has 716 valence electrons. The quantitative estimate of drug-likeness (QED) is 0.0852. The molecule has 0 aromatic heterocycles. The molecule has 0 N–H and O–H groups in total. The molecule has 0 bridgehead atoms. The Morgan fingerprint density at radius 2 is 0.170 bits per heavy atom. The summed E-state index contributed by atoms with van der Waals surface area (Å²) in [5.74, 6) is 0. The van der Waals surface area contributed by atoms with Crippen molar-refractivity contribution in [1.29, 1.82) is 0 Å².